The quantitative estimate of drug-likeness (QED) is 0.170. The normalized spacial score (nSPS) is 23.9. The van der Waals surface area contributed by atoms with Crippen LogP contribution in [0, 0.1) is 0 Å². The number of hydrogen-bond donors (Lipinski definition) is 0. The van der Waals surface area contributed by atoms with Crippen LogP contribution < -0.4 is 0 Å². The van der Waals surface area contributed by atoms with Crippen molar-refractivity contribution in [1.82, 2.24) is 0 Å². The van der Waals surface area contributed by atoms with Gasteiger partial charge in [-0.2, -0.15) is 0 Å². The maximum Gasteiger partial charge on any atom is 0.475 e. The van der Waals surface area contributed by atoms with Gasteiger partial charge in [0.2, 0.25) is 0 Å². The molecule has 0 aromatic heterocycles. The van der Waals surface area contributed by atoms with Gasteiger partial charge >= 0.3 is 7.82 Å². The number of fused-ring (bicyclic) bond motifs is 1. The van der Waals surface area contributed by atoms with Gasteiger partial charge in [-0.15, -0.1) is 0 Å². The van der Waals surface area contributed by atoms with Crippen LogP contribution in [0.5, 0.6) is 0 Å². The average Bonchev–Trinajstić information content (AvgIpc) is 3.46. The van der Waals surface area contributed by atoms with Gasteiger partial charge in [-0.3, -0.25) is 13.6 Å². The topological polar surface area (TPSA) is 81.7 Å². The molecule has 4 atom stereocenters. The van der Waals surface area contributed by atoms with E-state index in [1.165, 1.54) is 0 Å². The van der Waals surface area contributed by atoms with Crippen molar-refractivity contribution >= 4 is 7.82 Å². The van der Waals surface area contributed by atoms with E-state index in [1.807, 2.05) is 111 Å². The van der Waals surface area contributed by atoms with E-state index in [1.54, 1.807) is 6.08 Å². The second-order valence-corrected chi connectivity index (χ2v) is 11.7. The fourth-order valence-corrected chi connectivity index (χ4v) is 5.63. The van der Waals surface area contributed by atoms with E-state index in [0.29, 0.717) is 6.61 Å². The molecule has 0 radical (unpaired) electrons. The Labute approximate surface area is 235 Å². The van der Waals surface area contributed by atoms with E-state index in [9.17, 15) is 4.57 Å². The van der Waals surface area contributed by atoms with Crippen molar-refractivity contribution in [2.45, 2.75) is 64.1 Å². The molecular weight excluding hydrogens is 531 g/mol. The lowest BCUT2D eigenvalue weighted by Gasteiger charge is -2.23. The minimum Gasteiger partial charge on any atom is -0.345 e. The SMILES string of the molecule is CC1(C)O[C@@H]2[C@@H](OCc3ccccc3)O[C@H](/C=C\COP(=O)(OCc3ccccc3)OCc3ccccc3)[C@@H]2O1. The van der Waals surface area contributed by atoms with Gasteiger partial charge < -0.3 is 18.9 Å². The Morgan fingerprint density at radius 3 is 1.77 bits per heavy atom. The summed E-state index contributed by atoms with van der Waals surface area (Å²) in [5, 5.41) is 0. The van der Waals surface area contributed by atoms with E-state index in [0.717, 1.165) is 16.7 Å². The second kappa shape index (κ2) is 13.3. The van der Waals surface area contributed by atoms with Gasteiger partial charge in [0, 0.05) is 0 Å². The average molecular weight is 567 g/mol. The Hall–Kier alpha value is -2.65. The fraction of sp³-hybridized carbons (Fsp3) is 0.355. The van der Waals surface area contributed by atoms with Crippen molar-refractivity contribution in [1.29, 1.82) is 0 Å². The van der Waals surface area contributed by atoms with Gasteiger partial charge in [0.05, 0.1) is 26.4 Å². The van der Waals surface area contributed by atoms with Crippen LogP contribution in [0.1, 0.15) is 30.5 Å². The van der Waals surface area contributed by atoms with Crippen molar-refractivity contribution in [3.05, 3.63) is 120 Å². The molecule has 40 heavy (non-hydrogen) atoms. The minimum absolute atomic E-state index is 0.0160. The molecule has 2 aliphatic heterocycles. The van der Waals surface area contributed by atoms with Crippen LogP contribution in [-0.4, -0.2) is 37.0 Å². The van der Waals surface area contributed by atoms with E-state index in [2.05, 4.69) is 0 Å². The van der Waals surface area contributed by atoms with Crippen LogP contribution in [0.15, 0.2) is 103 Å². The molecule has 9 heteroatoms. The maximum atomic E-state index is 13.5. The summed E-state index contributed by atoms with van der Waals surface area (Å²) in [5.41, 5.74) is 2.76. The van der Waals surface area contributed by atoms with E-state index >= 15 is 0 Å². The summed E-state index contributed by atoms with van der Waals surface area (Å²) >= 11 is 0. The first-order valence-electron chi connectivity index (χ1n) is 13.3. The summed E-state index contributed by atoms with van der Waals surface area (Å²) in [6, 6.07) is 28.8. The first-order valence-corrected chi connectivity index (χ1v) is 14.8. The summed E-state index contributed by atoms with van der Waals surface area (Å²) in [7, 11) is -3.88. The molecule has 0 aliphatic carbocycles. The maximum absolute atomic E-state index is 13.5. The number of hydrogen-bond acceptors (Lipinski definition) is 8. The summed E-state index contributed by atoms with van der Waals surface area (Å²) in [6.45, 7) is 4.29. The highest BCUT2D eigenvalue weighted by Crippen LogP contribution is 2.51. The largest absolute Gasteiger partial charge is 0.475 e. The summed E-state index contributed by atoms with van der Waals surface area (Å²) in [5.74, 6) is -0.762. The number of phosphoric acid groups is 1. The van der Waals surface area contributed by atoms with Gasteiger partial charge in [-0.1, -0.05) is 103 Å². The van der Waals surface area contributed by atoms with Crippen molar-refractivity contribution < 1.29 is 37.1 Å². The second-order valence-electron chi connectivity index (χ2n) is 10.0. The van der Waals surface area contributed by atoms with Gasteiger partial charge in [0.25, 0.3) is 0 Å². The highest BCUT2D eigenvalue weighted by Gasteiger charge is 2.55. The molecule has 8 nitrogen and oxygen atoms in total. The highest BCUT2D eigenvalue weighted by molar-refractivity contribution is 7.48. The molecule has 0 N–H and O–H groups in total. The van der Waals surface area contributed by atoms with Gasteiger partial charge in [-0.05, 0) is 30.5 Å². The summed E-state index contributed by atoms with van der Waals surface area (Å²) < 4.78 is 54.9. The lowest BCUT2D eigenvalue weighted by Crippen LogP contribution is -2.31. The number of benzene rings is 3. The molecule has 2 aliphatic rings. The van der Waals surface area contributed by atoms with Crippen LogP contribution in [0.3, 0.4) is 0 Å². The number of ether oxygens (including phenoxy) is 4. The number of rotatable bonds is 13. The first kappa shape index (κ1) is 28.9. The van der Waals surface area contributed by atoms with Crippen molar-refractivity contribution in [2.75, 3.05) is 6.61 Å². The van der Waals surface area contributed by atoms with Crippen molar-refractivity contribution in [3.8, 4) is 0 Å². The molecule has 2 fully saturated rings. The number of phosphoric ester groups is 1. The van der Waals surface area contributed by atoms with Crippen LogP contribution >= 0.6 is 7.82 Å². The van der Waals surface area contributed by atoms with E-state index in [-0.39, 0.29) is 32.0 Å². The van der Waals surface area contributed by atoms with E-state index in [4.69, 9.17) is 32.5 Å². The molecule has 0 bridgehead atoms. The molecule has 2 heterocycles. The van der Waals surface area contributed by atoms with Crippen LogP contribution in [-0.2, 0) is 56.9 Å². The Morgan fingerprint density at radius 2 is 1.23 bits per heavy atom. The van der Waals surface area contributed by atoms with Crippen molar-refractivity contribution in [3.63, 3.8) is 0 Å². The standard InChI is InChI=1S/C31H35O8P/c1-31(2)38-28-27(37-30(29(28)39-31)33-21-24-13-6-3-7-14-24)19-12-20-34-40(32,35-22-25-15-8-4-9-16-25)36-23-26-17-10-5-11-18-26/h3-19,27-30H,20-23H2,1-2H3/b19-12-/t27-,28+,29+,30+/m1/s1. The van der Waals surface area contributed by atoms with Gasteiger partial charge in [-0.25, -0.2) is 4.57 Å². The Bertz CT molecular complexity index is 1220. The van der Waals surface area contributed by atoms with Crippen LogP contribution in [0.4, 0.5) is 0 Å². The molecule has 2 saturated heterocycles. The monoisotopic (exact) mass is 566 g/mol. The zero-order valence-electron chi connectivity index (χ0n) is 22.7. The molecule has 3 aromatic carbocycles. The van der Waals surface area contributed by atoms with Gasteiger partial charge in [0.15, 0.2) is 12.1 Å². The Morgan fingerprint density at radius 1 is 0.725 bits per heavy atom. The third-order valence-corrected chi connectivity index (χ3v) is 7.78. The zero-order valence-corrected chi connectivity index (χ0v) is 23.6. The molecule has 5 rings (SSSR count). The first-order chi connectivity index (χ1) is 19.4. The third-order valence-electron chi connectivity index (χ3n) is 6.42. The molecule has 0 amide bonds. The molecule has 0 unspecified atom stereocenters. The predicted molar refractivity (Wildman–Crippen MR) is 149 cm³/mol. The lowest BCUT2D eigenvalue weighted by atomic mass is 10.1. The van der Waals surface area contributed by atoms with Crippen LogP contribution in [0.25, 0.3) is 0 Å². The highest BCUT2D eigenvalue weighted by atomic mass is 31.2. The summed E-state index contributed by atoms with van der Waals surface area (Å²) in [4.78, 5) is 0. The smallest absolute Gasteiger partial charge is 0.345 e. The molecule has 212 valence electrons. The molecule has 0 saturated carbocycles. The Balaban J connectivity index is 1.20. The van der Waals surface area contributed by atoms with Gasteiger partial charge in [0.1, 0.15) is 18.3 Å². The lowest BCUT2D eigenvalue weighted by molar-refractivity contribution is -0.231. The van der Waals surface area contributed by atoms with E-state index < -0.39 is 26.0 Å². The van der Waals surface area contributed by atoms with Crippen molar-refractivity contribution in [2.24, 2.45) is 0 Å². The zero-order chi connectivity index (χ0) is 27.8. The fourth-order valence-electron chi connectivity index (χ4n) is 4.52. The summed E-state index contributed by atoms with van der Waals surface area (Å²) in [6.07, 6.45) is 1.75. The molecular formula is C31H35O8P. The van der Waals surface area contributed by atoms with Crippen LogP contribution in [0.2, 0.25) is 0 Å². The Kier molecular flexibility index (Phi) is 9.63. The molecule has 0 spiro atoms. The minimum atomic E-state index is -3.88. The molecule has 3 aromatic rings. The predicted octanol–water partition coefficient (Wildman–Crippen LogP) is 6.56. The third kappa shape index (κ3) is 7.97.